The van der Waals surface area contributed by atoms with E-state index in [4.69, 9.17) is 4.74 Å². The van der Waals surface area contributed by atoms with Crippen molar-refractivity contribution < 1.29 is 9.84 Å². The van der Waals surface area contributed by atoms with E-state index in [2.05, 4.69) is 17.5 Å². The molecule has 0 aliphatic carbocycles. The Morgan fingerprint density at radius 2 is 2.18 bits per heavy atom. The van der Waals surface area contributed by atoms with Gasteiger partial charge in [-0.2, -0.15) is 0 Å². The smallest absolute Gasteiger partial charge is 0.107 e. The van der Waals surface area contributed by atoms with Gasteiger partial charge in [0.05, 0.1) is 6.10 Å². The van der Waals surface area contributed by atoms with E-state index in [0.29, 0.717) is 0 Å². The maximum atomic E-state index is 10.4. The lowest BCUT2D eigenvalue weighted by atomic mass is 9.98. The number of ether oxygens (including phenoxy) is 1. The zero-order chi connectivity index (χ0) is 11.7. The predicted octanol–water partition coefficient (Wildman–Crippen LogP) is 3.50. The lowest BCUT2D eigenvalue weighted by molar-refractivity contribution is -0.0627. The minimum atomic E-state index is -0.480. The Morgan fingerprint density at radius 3 is 3.00 bits per heavy atom. The van der Waals surface area contributed by atoms with Gasteiger partial charge < -0.3 is 9.84 Å². The van der Waals surface area contributed by atoms with Crippen molar-refractivity contribution in [1.82, 2.24) is 0 Å². The van der Waals surface area contributed by atoms with E-state index in [0.717, 1.165) is 31.4 Å². The first kappa shape index (κ1) is 11.2. The van der Waals surface area contributed by atoms with Gasteiger partial charge in [0.15, 0.2) is 0 Å². The molecule has 3 rings (SSSR count). The van der Waals surface area contributed by atoms with E-state index in [9.17, 15) is 5.11 Å². The molecule has 2 heterocycles. The van der Waals surface area contributed by atoms with E-state index in [1.165, 1.54) is 10.1 Å². The molecule has 1 aromatic carbocycles. The molecule has 1 N–H and O–H groups in total. The maximum absolute atomic E-state index is 10.4. The fraction of sp³-hybridized carbons (Fsp3) is 0.429. The summed E-state index contributed by atoms with van der Waals surface area (Å²) in [5.74, 6) is 0. The summed E-state index contributed by atoms with van der Waals surface area (Å²) in [6, 6.07) is 8.23. The van der Waals surface area contributed by atoms with Crippen molar-refractivity contribution >= 4 is 21.4 Å². The van der Waals surface area contributed by atoms with Crippen molar-refractivity contribution in [2.45, 2.75) is 31.5 Å². The van der Waals surface area contributed by atoms with Gasteiger partial charge in [0.2, 0.25) is 0 Å². The van der Waals surface area contributed by atoms with Crippen molar-refractivity contribution in [1.29, 1.82) is 0 Å². The van der Waals surface area contributed by atoms with Gasteiger partial charge in [-0.25, -0.2) is 0 Å². The molecule has 1 aliphatic rings. The average molecular weight is 248 g/mol. The topological polar surface area (TPSA) is 29.5 Å². The zero-order valence-electron chi connectivity index (χ0n) is 9.63. The SMILES string of the molecule is OC(c1csc2ccccc12)C1CCCCO1. The fourth-order valence-corrected chi connectivity index (χ4v) is 3.43. The summed E-state index contributed by atoms with van der Waals surface area (Å²) in [5, 5.41) is 13.6. The number of hydrogen-bond acceptors (Lipinski definition) is 3. The van der Waals surface area contributed by atoms with E-state index < -0.39 is 6.10 Å². The second-order valence-electron chi connectivity index (χ2n) is 4.54. The first-order chi connectivity index (χ1) is 8.36. The standard InChI is InChI=1S/C14H16O2S/c15-14(12-6-3-4-8-16-12)11-9-17-13-7-2-1-5-10(11)13/h1-2,5,7,9,12,14-15H,3-4,6,8H2. The largest absolute Gasteiger partial charge is 0.386 e. The first-order valence-corrected chi connectivity index (χ1v) is 7.00. The van der Waals surface area contributed by atoms with Crippen molar-refractivity contribution in [2.75, 3.05) is 6.61 Å². The van der Waals surface area contributed by atoms with E-state index in [1.807, 2.05) is 12.1 Å². The molecule has 1 fully saturated rings. The molecule has 0 amide bonds. The van der Waals surface area contributed by atoms with Crippen LogP contribution in [0.2, 0.25) is 0 Å². The van der Waals surface area contributed by atoms with Crippen LogP contribution in [0.1, 0.15) is 30.9 Å². The Bertz CT molecular complexity index is 500. The Labute approximate surface area is 105 Å². The molecule has 0 spiro atoms. The molecule has 90 valence electrons. The second-order valence-corrected chi connectivity index (χ2v) is 5.45. The molecule has 0 radical (unpaired) electrons. The summed E-state index contributed by atoms with van der Waals surface area (Å²) in [4.78, 5) is 0. The molecule has 2 nitrogen and oxygen atoms in total. The Balaban J connectivity index is 1.92. The fourth-order valence-electron chi connectivity index (χ4n) is 2.44. The highest BCUT2D eigenvalue weighted by molar-refractivity contribution is 7.17. The van der Waals surface area contributed by atoms with Gasteiger partial charge in [-0.15, -0.1) is 11.3 Å². The molecule has 1 aromatic heterocycles. The number of hydrogen-bond donors (Lipinski definition) is 1. The van der Waals surface area contributed by atoms with Crippen LogP contribution in [0.25, 0.3) is 10.1 Å². The summed E-state index contributed by atoms with van der Waals surface area (Å²) in [5.41, 5.74) is 1.03. The van der Waals surface area contributed by atoms with Crippen LogP contribution in [0.3, 0.4) is 0 Å². The second kappa shape index (κ2) is 4.77. The Kier molecular flexibility index (Phi) is 3.14. The highest BCUT2D eigenvalue weighted by atomic mass is 32.1. The van der Waals surface area contributed by atoms with Crippen LogP contribution in [0.15, 0.2) is 29.6 Å². The van der Waals surface area contributed by atoms with Crippen molar-refractivity contribution in [3.05, 3.63) is 35.2 Å². The minimum absolute atomic E-state index is 0.0262. The first-order valence-electron chi connectivity index (χ1n) is 6.12. The van der Waals surface area contributed by atoms with Crippen molar-refractivity contribution in [2.24, 2.45) is 0 Å². The summed E-state index contributed by atoms with van der Waals surface area (Å²) in [6.07, 6.45) is 2.73. The van der Waals surface area contributed by atoms with Crippen LogP contribution in [0, 0.1) is 0 Å². The van der Waals surface area contributed by atoms with Gasteiger partial charge in [0.1, 0.15) is 6.10 Å². The van der Waals surface area contributed by atoms with E-state index >= 15 is 0 Å². The number of aliphatic hydroxyl groups excluding tert-OH is 1. The highest BCUT2D eigenvalue weighted by Crippen LogP contribution is 2.34. The molecule has 2 aromatic rings. The molecule has 1 aliphatic heterocycles. The molecule has 0 bridgehead atoms. The molecule has 3 heteroatoms. The molecular weight excluding hydrogens is 232 g/mol. The van der Waals surface area contributed by atoms with Crippen molar-refractivity contribution in [3.8, 4) is 0 Å². The maximum Gasteiger partial charge on any atom is 0.107 e. The van der Waals surface area contributed by atoms with Crippen molar-refractivity contribution in [3.63, 3.8) is 0 Å². The molecule has 1 saturated heterocycles. The third-order valence-corrected chi connectivity index (χ3v) is 4.38. The predicted molar refractivity (Wildman–Crippen MR) is 70.4 cm³/mol. The number of benzene rings is 1. The van der Waals surface area contributed by atoms with Gasteiger partial charge in [-0.1, -0.05) is 18.2 Å². The van der Waals surface area contributed by atoms with E-state index in [-0.39, 0.29) is 6.10 Å². The summed E-state index contributed by atoms with van der Waals surface area (Å²) in [7, 11) is 0. The minimum Gasteiger partial charge on any atom is -0.386 e. The van der Waals surface area contributed by atoms with Gasteiger partial charge in [0.25, 0.3) is 0 Å². The monoisotopic (exact) mass is 248 g/mol. The number of thiophene rings is 1. The summed E-state index contributed by atoms with van der Waals surface area (Å²) in [6.45, 7) is 0.782. The van der Waals surface area contributed by atoms with Gasteiger partial charge in [-0.05, 0) is 36.1 Å². The van der Waals surface area contributed by atoms with Crippen LogP contribution in [0.5, 0.6) is 0 Å². The van der Waals surface area contributed by atoms with Crippen LogP contribution in [-0.2, 0) is 4.74 Å². The number of aliphatic hydroxyl groups is 1. The molecule has 2 atom stereocenters. The normalized spacial score (nSPS) is 22.8. The van der Waals surface area contributed by atoms with Crippen LogP contribution in [0.4, 0.5) is 0 Å². The molecular formula is C14H16O2S. The zero-order valence-corrected chi connectivity index (χ0v) is 10.5. The number of fused-ring (bicyclic) bond motifs is 1. The summed E-state index contributed by atoms with van der Waals surface area (Å²) < 4.78 is 6.90. The molecule has 17 heavy (non-hydrogen) atoms. The number of rotatable bonds is 2. The van der Waals surface area contributed by atoms with Gasteiger partial charge >= 0.3 is 0 Å². The third kappa shape index (κ3) is 2.10. The third-order valence-electron chi connectivity index (χ3n) is 3.40. The lowest BCUT2D eigenvalue weighted by Crippen LogP contribution is -2.26. The molecule has 0 saturated carbocycles. The van der Waals surface area contributed by atoms with Crippen LogP contribution < -0.4 is 0 Å². The van der Waals surface area contributed by atoms with Crippen LogP contribution in [-0.4, -0.2) is 17.8 Å². The van der Waals surface area contributed by atoms with Gasteiger partial charge in [-0.3, -0.25) is 0 Å². The molecule has 2 unspecified atom stereocenters. The highest BCUT2D eigenvalue weighted by Gasteiger charge is 2.25. The van der Waals surface area contributed by atoms with Gasteiger partial charge in [0, 0.05) is 16.9 Å². The van der Waals surface area contributed by atoms with Crippen LogP contribution >= 0.6 is 11.3 Å². The quantitative estimate of drug-likeness (QED) is 0.881. The average Bonchev–Trinajstić information content (AvgIpc) is 2.83. The van der Waals surface area contributed by atoms with E-state index in [1.54, 1.807) is 11.3 Å². The Morgan fingerprint density at radius 1 is 1.29 bits per heavy atom. The lowest BCUT2D eigenvalue weighted by Gasteiger charge is -2.27. The Hall–Kier alpha value is -0.900. The summed E-state index contributed by atoms with van der Waals surface area (Å²) >= 11 is 1.69.